The first-order valence-corrected chi connectivity index (χ1v) is 18.3. The minimum absolute atomic E-state index is 0.0152. The van der Waals surface area contributed by atoms with Crippen molar-refractivity contribution in [1.82, 2.24) is 0 Å². The molecule has 0 bridgehead atoms. The highest BCUT2D eigenvalue weighted by Gasteiger charge is 2.43. The first-order chi connectivity index (χ1) is 21.4. The molecule has 0 aromatic rings. The molecule has 5 fully saturated rings. The standard InChI is InChI=1S/C36H58O8/c37-34(38)31-17-15-28(26-7-3-1-4-8-26)19-30(31)23-44-43-22-25-13-11-24(12-14-25)21-42-36(41)33-20-29(16-18-32(33)35(39)40)27-9-5-2-6-10-27/h24-33H,1-23H2,(H,37,38)(H,39,40). The van der Waals surface area contributed by atoms with Crippen LogP contribution in [0.2, 0.25) is 0 Å². The highest BCUT2D eigenvalue weighted by molar-refractivity contribution is 5.81. The summed E-state index contributed by atoms with van der Waals surface area (Å²) < 4.78 is 5.81. The van der Waals surface area contributed by atoms with Gasteiger partial charge in [-0.2, -0.15) is 0 Å². The zero-order chi connectivity index (χ0) is 30.9. The average Bonchev–Trinajstić information content (AvgIpc) is 3.06. The SMILES string of the molecule is O=C(O)C1CCC(C2CCCCC2)CC1COOCC1CCC(COC(=O)C2CC(C3CCCCC3)CCC2C(=O)O)CC1. The predicted octanol–water partition coefficient (Wildman–Crippen LogP) is 7.68. The van der Waals surface area contributed by atoms with Crippen LogP contribution in [0.15, 0.2) is 0 Å². The van der Waals surface area contributed by atoms with Crippen LogP contribution in [-0.2, 0) is 28.9 Å². The van der Waals surface area contributed by atoms with Crippen molar-refractivity contribution in [2.45, 2.75) is 128 Å². The number of carbonyl (C=O) groups is 3. The fourth-order valence-corrected chi connectivity index (χ4v) is 9.79. The molecular formula is C36H58O8. The maximum Gasteiger partial charge on any atom is 0.309 e. The van der Waals surface area contributed by atoms with E-state index in [0.717, 1.165) is 57.3 Å². The van der Waals surface area contributed by atoms with Crippen LogP contribution in [0.25, 0.3) is 0 Å². The Morgan fingerprint density at radius 2 is 0.977 bits per heavy atom. The third-order valence-electron chi connectivity index (χ3n) is 12.6. The van der Waals surface area contributed by atoms with Crippen molar-refractivity contribution in [3.63, 3.8) is 0 Å². The summed E-state index contributed by atoms with van der Waals surface area (Å²) in [5.41, 5.74) is 0. The van der Waals surface area contributed by atoms with Crippen molar-refractivity contribution >= 4 is 17.9 Å². The Bertz CT molecular complexity index is 917. The molecule has 5 saturated carbocycles. The van der Waals surface area contributed by atoms with Crippen LogP contribution in [-0.4, -0.2) is 47.9 Å². The van der Waals surface area contributed by atoms with E-state index in [0.29, 0.717) is 62.3 Å². The van der Waals surface area contributed by atoms with E-state index < -0.39 is 23.8 Å². The molecule has 5 aliphatic rings. The van der Waals surface area contributed by atoms with Gasteiger partial charge in [0, 0.05) is 0 Å². The highest BCUT2D eigenvalue weighted by Crippen LogP contribution is 2.44. The number of rotatable bonds is 12. The third-order valence-corrected chi connectivity index (χ3v) is 12.6. The van der Waals surface area contributed by atoms with E-state index >= 15 is 0 Å². The summed E-state index contributed by atoms with van der Waals surface area (Å²) in [6.07, 6.45) is 21.5. The first kappa shape index (κ1) is 33.7. The lowest BCUT2D eigenvalue weighted by molar-refractivity contribution is -0.312. The van der Waals surface area contributed by atoms with Crippen LogP contribution in [0.5, 0.6) is 0 Å². The largest absolute Gasteiger partial charge is 0.481 e. The molecule has 0 radical (unpaired) electrons. The predicted molar refractivity (Wildman–Crippen MR) is 165 cm³/mol. The van der Waals surface area contributed by atoms with E-state index in [4.69, 9.17) is 14.5 Å². The summed E-state index contributed by atoms with van der Waals surface area (Å²) in [4.78, 5) is 48.4. The molecule has 0 amide bonds. The summed E-state index contributed by atoms with van der Waals surface area (Å²) in [5, 5.41) is 19.6. The monoisotopic (exact) mass is 618 g/mol. The van der Waals surface area contributed by atoms with Crippen LogP contribution in [0.3, 0.4) is 0 Å². The maximum absolute atomic E-state index is 13.2. The van der Waals surface area contributed by atoms with Gasteiger partial charge in [-0.3, -0.25) is 14.4 Å². The van der Waals surface area contributed by atoms with Gasteiger partial charge < -0.3 is 14.9 Å². The van der Waals surface area contributed by atoms with Gasteiger partial charge >= 0.3 is 17.9 Å². The van der Waals surface area contributed by atoms with Gasteiger partial charge in [0.1, 0.15) is 0 Å². The van der Waals surface area contributed by atoms with Gasteiger partial charge in [-0.15, -0.1) is 0 Å². The molecule has 5 rings (SSSR count). The smallest absolute Gasteiger partial charge is 0.309 e. The van der Waals surface area contributed by atoms with E-state index in [2.05, 4.69) is 0 Å². The lowest BCUT2D eigenvalue weighted by Gasteiger charge is -2.39. The van der Waals surface area contributed by atoms with Crippen LogP contribution in [0.1, 0.15) is 128 Å². The fourth-order valence-electron chi connectivity index (χ4n) is 9.79. The Labute approximate surface area is 264 Å². The van der Waals surface area contributed by atoms with Gasteiger partial charge in [0.2, 0.25) is 0 Å². The number of hydrogen-bond acceptors (Lipinski definition) is 6. The molecule has 6 unspecified atom stereocenters. The van der Waals surface area contributed by atoms with Gasteiger partial charge in [-0.1, -0.05) is 64.2 Å². The number of aliphatic carboxylic acids is 2. The normalized spacial score (nSPS) is 36.0. The molecular weight excluding hydrogens is 560 g/mol. The van der Waals surface area contributed by atoms with Crippen molar-refractivity contribution < 1.29 is 39.1 Å². The Kier molecular flexibility index (Phi) is 12.8. The molecule has 8 nitrogen and oxygen atoms in total. The molecule has 250 valence electrons. The second-order valence-electron chi connectivity index (χ2n) is 15.3. The molecule has 0 saturated heterocycles. The first-order valence-electron chi connectivity index (χ1n) is 18.3. The fraction of sp³-hybridized carbons (Fsp3) is 0.917. The second kappa shape index (κ2) is 16.8. The van der Waals surface area contributed by atoms with Gasteiger partial charge in [0.15, 0.2) is 0 Å². The van der Waals surface area contributed by atoms with Gasteiger partial charge in [0.05, 0.1) is 37.6 Å². The minimum Gasteiger partial charge on any atom is -0.481 e. The topological polar surface area (TPSA) is 119 Å². The molecule has 0 aliphatic heterocycles. The van der Waals surface area contributed by atoms with E-state index in [9.17, 15) is 24.6 Å². The Morgan fingerprint density at radius 1 is 0.477 bits per heavy atom. The van der Waals surface area contributed by atoms with Gasteiger partial charge in [-0.25, -0.2) is 9.78 Å². The Hall–Kier alpha value is -1.67. The van der Waals surface area contributed by atoms with Crippen LogP contribution in [0, 0.1) is 59.2 Å². The highest BCUT2D eigenvalue weighted by atomic mass is 17.2. The van der Waals surface area contributed by atoms with Crippen LogP contribution < -0.4 is 0 Å². The van der Waals surface area contributed by atoms with Crippen LogP contribution in [0.4, 0.5) is 0 Å². The average molecular weight is 619 g/mol. The Balaban J connectivity index is 0.993. The second-order valence-corrected chi connectivity index (χ2v) is 15.3. The van der Waals surface area contributed by atoms with Crippen molar-refractivity contribution in [3.05, 3.63) is 0 Å². The lowest BCUT2D eigenvalue weighted by Crippen LogP contribution is -2.39. The summed E-state index contributed by atoms with van der Waals surface area (Å²) in [5.74, 6) is -0.189. The number of carboxylic acid groups (broad SMARTS) is 2. The lowest BCUT2D eigenvalue weighted by atomic mass is 9.67. The van der Waals surface area contributed by atoms with Crippen molar-refractivity contribution in [1.29, 1.82) is 0 Å². The van der Waals surface area contributed by atoms with E-state index in [1.165, 1.54) is 64.2 Å². The number of carboxylic acids is 2. The Morgan fingerprint density at radius 3 is 1.55 bits per heavy atom. The summed E-state index contributed by atoms with van der Waals surface area (Å²) in [6.45, 7) is 1.24. The molecule has 0 aromatic heterocycles. The molecule has 5 aliphatic carbocycles. The molecule has 0 spiro atoms. The molecule has 44 heavy (non-hydrogen) atoms. The zero-order valence-corrected chi connectivity index (χ0v) is 26.9. The number of hydrogen-bond donors (Lipinski definition) is 2. The number of esters is 1. The minimum atomic E-state index is -0.859. The number of ether oxygens (including phenoxy) is 1. The molecule has 6 atom stereocenters. The van der Waals surface area contributed by atoms with E-state index in [1.54, 1.807) is 0 Å². The quantitative estimate of drug-likeness (QED) is 0.0989. The van der Waals surface area contributed by atoms with Crippen LogP contribution >= 0.6 is 0 Å². The van der Waals surface area contributed by atoms with E-state index in [-0.39, 0.29) is 17.8 Å². The zero-order valence-electron chi connectivity index (χ0n) is 26.9. The summed E-state index contributed by atoms with van der Waals surface area (Å²) >= 11 is 0. The summed E-state index contributed by atoms with van der Waals surface area (Å²) in [7, 11) is 0. The van der Waals surface area contributed by atoms with Gasteiger partial charge in [-0.05, 0) is 106 Å². The maximum atomic E-state index is 13.2. The molecule has 0 aromatic carbocycles. The molecule has 8 heteroatoms. The molecule has 2 N–H and O–H groups in total. The van der Waals surface area contributed by atoms with Crippen molar-refractivity contribution in [2.75, 3.05) is 19.8 Å². The third kappa shape index (κ3) is 9.20. The van der Waals surface area contributed by atoms with E-state index in [1.807, 2.05) is 0 Å². The molecule has 0 heterocycles. The van der Waals surface area contributed by atoms with Gasteiger partial charge in [0.25, 0.3) is 0 Å². The summed E-state index contributed by atoms with van der Waals surface area (Å²) in [6, 6.07) is 0. The van der Waals surface area contributed by atoms with Crippen molar-refractivity contribution in [2.24, 2.45) is 59.2 Å². The van der Waals surface area contributed by atoms with Crippen molar-refractivity contribution in [3.8, 4) is 0 Å². The number of carbonyl (C=O) groups excluding carboxylic acids is 1.